The first-order valence-corrected chi connectivity index (χ1v) is 12.5. The maximum Gasteiger partial charge on any atom is 0.191 e. The van der Waals surface area contributed by atoms with Gasteiger partial charge in [-0.15, -0.1) is 5.10 Å². The van der Waals surface area contributed by atoms with Gasteiger partial charge >= 0.3 is 0 Å². The van der Waals surface area contributed by atoms with Crippen molar-refractivity contribution in [3.05, 3.63) is 35.4 Å². The van der Waals surface area contributed by atoms with Crippen molar-refractivity contribution < 1.29 is 15.3 Å². The molecule has 0 amide bonds. The average molecular weight is 471 g/mol. The number of hydrogen-bond acceptors (Lipinski definition) is 9. The Hall–Kier alpha value is -2.27. The smallest absolute Gasteiger partial charge is 0.191 e. The quantitative estimate of drug-likeness (QED) is 0.289. The van der Waals surface area contributed by atoms with Crippen LogP contribution < -0.4 is 5.32 Å². The highest BCUT2D eigenvalue weighted by Crippen LogP contribution is 2.44. The first-order chi connectivity index (χ1) is 16.0. The predicted octanol–water partition coefficient (Wildman–Crippen LogP) is 2.27. The van der Waals surface area contributed by atoms with E-state index in [-0.39, 0.29) is 12.6 Å². The van der Waals surface area contributed by atoms with Gasteiger partial charge < -0.3 is 20.6 Å². The van der Waals surface area contributed by atoms with Crippen LogP contribution in [0.4, 0.5) is 5.82 Å². The van der Waals surface area contributed by atoms with E-state index in [0.717, 1.165) is 18.6 Å². The number of aliphatic hydroxyl groups is 3. The Kier molecular flexibility index (Phi) is 6.26. The fourth-order valence-corrected chi connectivity index (χ4v) is 5.41. The minimum atomic E-state index is -1.04. The van der Waals surface area contributed by atoms with Crippen LogP contribution in [-0.2, 0) is 0 Å². The molecule has 2 aromatic heterocycles. The lowest BCUT2D eigenvalue weighted by Gasteiger charge is -2.17. The van der Waals surface area contributed by atoms with Crippen molar-refractivity contribution in [2.24, 2.45) is 5.92 Å². The molecule has 2 fully saturated rings. The van der Waals surface area contributed by atoms with Gasteiger partial charge in [0.15, 0.2) is 22.1 Å². The normalized spacial score (nSPS) is 29.0. The molecule has 0 bridgehead atoms. The predicted molar refractivity (Wildman–Crippen MR) is 126 cm³/mol. The van der Waals surface area contributed by atoms with Crippen LogP contribution in [0.5, 0.6) is 0 Å². The molecule has 0 radical (unpaired) electrons. The zero-order valence-corrected chi connectivity index (χ0v) is 19.6. The third-order valence-electron chi connectivity index (χ3n) is 6.64. The third kappa shape index (κ3) is 4.32. The van der Waals surface area contributed by atoms with Gasteiger partial charge in [0.2, 0.25) is 0 Å². The van der Waals surface area contributed by atoms with Crippen molar-refractivity contribution in [1.29, 1.82) is 0 Å². The molecule has 3 aromatic rings. The van der Waals surface area contributed by atoms with E-state index in [4.69, 9.17) is 9.97 Å². The van der Waals surface area contributed by atoms with Crippen molar-refractivity contribution >= 4 is 28.7 Å². The van der Waals surface area contributed by atoms with Gasteiger partial charge in [-0.2, -0.15) is 0 Å². The van der Waals surface area contributed by atoms with Crippen LogP contribution in [0, 0.1) is 12.8 Å². The summed E-state index contributed by atoms with van der Waals surface area (Å²) in [5, 5.41) is 43.3. The molecular formula is C23H30N6O3S. The van der Waals surface area contributed by atoms with Crippen LogP contribution in [0.25, 0.3) is 11.2 Å². The highest BCUT2D eigenvalue weighted by Gasteiger charge is 2.44. The number of aromatic nitrogens is 5. The lowest BCUT2D eigenvalue weighted by atomic mass is 10.1. The topological polar surface area (TPSA) is 129 Å². The van der Waals surface area contributed by atoms with E-state index >= 15 is 0 Å². The molecule has 5 rings (SSSR count). The van der Waals surface area contributed by atoms with E-state index in [1.807, 2.05) is 0 Å². The molecule has 2 aliphatic rings. The van der Waals surface area contributed by atoms with E-state index in [1.165, 1.54) is 11.1 Å². The van der Waals surface area contributed by atoms with Crippen LogP contribution >= 0.6 is 11.8 Å². The van der Waals surface area contributed by atoms with Gasteiger partial charge in [-0.3, -0.25) is 0 Å². The van der Waals surface area contributed by atoms with Crippen molar-refractivity contribution in [2.75, 3.05) is 17.7 Å². The molecule has 33 heavy (non-hydrogen) atoms. The van der Waals surface area contributed by atoms with E-state index < -0.39 is 24.2 Å². The largest absolute Gasteiger partial charge is 0.396 e. The van der Waals surface area contributed by atoms with Gasteiger partial charge in [-0.05, 0) is 31.7 Å². The second-order valence-corrected chi connectivity index (χ2v) is 10.2. The Bertz CT molecular complexity index is 1140. The van der Waals surface area contributed by atoms with Gasteiger partial charge in [0.1, 0.15) is 6.10 Å². The fourth-order valence-electron chi connectivity index (χ4n) is 4.71. The highest BCUT2D eigenvalue weighted by molar-refractivity contribution is 7.99. The van der Waals surface area contributed by atoms with Crippen molar-refractivity contribution in [1.82, 2.24) is 25.0 Å². The second-order valence-electron chi connectivity index (χ2n) is 9.14. The zero-order valence-electron chi connectivity index (χ0n) is 18.8. The second kappa shape index (κ2) is 9.17. The Morgan fingerprint density at radius 3 is 2.76 bits per heavy atom. The fraction of sp³-hybridized carbons (Fsp3) is 0.565. The molecule has 6 atom stereocenters. The van der Waals surface area contributed by atoms with Crippen LogP contribution in [0.3, 0.4) is 0 Å². The monoisotopic (exact) mass is 470 g/mol. The summed E-state index contributed by atoms with van der Waals surface area (Å²) in [5.41, 5.74) is 3.66. The average Bonchev–Trinajstić information content (AvgIpc) is 3.36. The van der Waals surface area contributed by atoms with Crippen LogP contribution in [0.1, 0.15) is 49.3 Å². The number of rotatable bonds is 8. The number of aryl methyl sites for hydroxylation is 1. The van der Waals surface area contributed by atoms with Crippen molar-refractivity contribution in [3.63, 3.8) is 0 Å². The molecule has 2 heterocycles. The first-order valence-electron chi connectivity index (χ1n) is 11.6. The molecule has 2 saturated carbocycles. The Morgan fingerprint density at radius 2 is 2.03 bits per heavy atom. The van der Waals surface area contributed by atoms with E-state index in [0.29, 0.717) is 34.5 Å². The van der Waals surface area contributed by atoms with Gasteiger partial charge in [-0.1, -0.05) is 53.7 Å². The van der Waals surface area contributed by atoms with E-state index in [2.05, 4.69) is 53.7 Å². The summed E-state index contributed by atoms with van der Waals surface area (Å²) in [6, 6.07) is 8.35. The van der Waals surface area contributed by atoms with Crippen LogP contribution in [-0.4, -0.2) is 70.9 Å². The number of aliphatic hydroxyl groups excluding tert-OH is 3. The molecule has 0 spiro atoms. The molecule has 1 aromatic carbocycles. The SMILES string of the molecule is CCCSc1nc(NC2CC2c2cccc(C)c2)c2nnn([C@H]3C[C@@H](CO)[C@H](O)[C@@H]3O)c2n1. The number of nitrogens with one attached hydrogen (secondary N) is 1. The molecule has 2 unspecified atom stereocenters. The maximum absolute atomic E-state index is 10.6. The van der Waals surface area contributed by atoms with Gasteiger partial charge in [-0.25, -0.2) is 14.6 Å². The number of thioether (sulfide) groups is 1. The summed E-state index contributed by atoms with van der Waals surface area (Å²) >= 11 is 1.57. The number of fused-ring (bicyclic) bond motifs is 1. The lowest BCUT2D eigenvalue weighted by molar-refractivity contribution is -0.00512. The summed E-state index contributed by atoms with van der Waals surface area (Å²) < 4.78 is 1.59. The third-order valence-corrected chi connectivity index (χ3v) is 7.69. The van der Waals surface area contributed by atoms with Gasteiger partial charge in [0.25, 0.3) is 0 Å². The number of benzene rings is 1. The molecule has 4 N–H and O–H groups in total. The van der Waals surface area contributed by atoms with E-state index in [9.17, 15) is 15.3 Å². The minimum absolute atomic E-state index is 0.192. The Balaban J connectivity index is 1.46. The Labute approximate surface area is 196 Å². The summed E-state index contributed by atoms with van der Waals surface area (Å²) in [6.07, 6.45) is 0.371. The standard InChI is InChI=1S/C23H30N6O3S/c1-3-7-33-23-25-21(24-16-10-15(16)13-6-4-5-12(2)8-13)18-22(26-23)29(28-27-18)17-9-14(11-30)19(31)20(17)32/h4-6,8,14-17,19-20,30-32H,3,7,9-11H2,1-2H3,(H,24,25,26)/t14-,15?,16?,17-,19-,20+/m0/s1. The Morgan fingerprint density at radius 1 is 1.18 bits per heavy atom. The molecule has 0 saturated heterocycles. The van der Waals surface area contributed by atoms with E-state index in [1.54, 1.807) is 16.4 Å². The summed E-state index contributed by atoms with van der Waals surface area (Å²) in [4.78, 5) is 9.44. The minimum Gasteiger partial charge on any atom is -0.396 e. The van der Waals surface area contributed by atoms with Gasteiger partial charge in [0.05, 0.1) is 12.1 Å². The molecule has 176 valence electrons. The molecule has 9 nitrogen and oxygen atoms in total. The molecule has 10 heteroatoms. The van der Waals surface area contributed by atoms with Crippen LogP contribution in [0.15, 0.2) is 29.4 Å². The highest BCUT2D eigenvalue weighted by atomic mass is 32.2. The zero-order chi connectivity index (χ0) is 23.1. The van der Waals surface area contributed by atoms with Gasteiger partial charge in [0, 0.05) is 30.2 Å². The maximum atomic E-state index is 10.6. The molecular weight excluding hydrogens is 440 g/mol. The number of nitrogens with zero attached hydrogens (tertiary/aromatic N) is 5. The lowest BCUT2D eigenvalue weighted by Crippen LogP contribution is -2.30. The van der Waals surface area contributed by atoms with Crippen molar-refractivity contribution in [3.8, 4) is 0 Å². The molecule has 2 aliphatic carbocycles. The molecule has 0 aliphatic heterocycles. The van der Waals surface area contributed by atoms with Crippen LogP contribution in [0.2, 0.25) is 0 Å². The first kappa shape index (κ1) is 22.5. The number of hydrogen-bond donors (Lipinski definition) is 4. The van der Waals surface area contributed by atoms with Crippen molar-refractivity contribution in [2.45, 2.75) is 68.5 Å². The summed E-state index contributed by atoms with van der Waals surface area (Å²) in [5.74, 6) is 1.56. The summed E-state index contributed by atoms with van der Waals surface area (Å²) in [7, 11) is 0. The summed E-state index contributed by atoms with van der Waals surface area (Å²) in [6.45, 7) is 4.02. The number of anilines is 1.